The van der Waals surface area contributed by atoms with Crippen molar-refractivity contribution in [1.82, 2.24) is 0 Å². The Morgan fingerprint density at radius 2 is 1.91 bits per heavy atom. The molecule has 0 heterocycles. The maximum atomic E-state index is 11.7. The number of nitro benzene ring substituents is 1. The van der Waals surface area contributed by atoms with Crippen LogP contribution >= 0.6 is 0 Å². The van der Waals surface area contributed by atoms with Gasteiger partial charge in [-0.25, -0.2) is 4.79 Å². The zero-order valence-corrected chi connectivity index (χ0v) is 12.0. The number of hydrogen-bond acceptors (Lipinski definition) is 5. The summed E-state index contributed by atoms with van der Waals surface area (Å²) >= 11 is 0. The van der Waals surface area contributed by atoms with Crippen molar-refractivity contribution in [2.24, 2.45) is 0 Å². The van der Waals surface area contributed by atoms with Crippen molar-refractivity contribution in [2.75, 3.05) is 7.11 Å². The van der Waals surface area contributed by atoms with Gasteiger partial charge in [0.1, 0.15) is 5.56 Å². The van der Waals surface area contributed by atoms with E-state index in [1.165, 1.54) is 19.2 Å². The Morgan fingerprint density at radius 3 is 2.57 bits per heavy atom. The number of fused-ring (bicyclic) bond motifs is 3. The lowest BCUT2D eigenvalue weighted by Crippen LogP contribution is -2.05. The van der Waals surface area contributed by atoms with E-state index >= 15 is 0 Å². The van der Waals surface area contributed by atoms with Gasteiger partial charge >= 0.3 is 5.97 Å². The molecule has 0 amide bonds. The average molecular weight is 313 g/mol. The van der Waals surface area contributed by atoms with Crippen molar-refractivity contribution in [3.63, 3.8) is 0 Å². The number of nitrogens with zero attached hydrogens (tertiary/aromatic N) is 1. The van der Waals surface area contributed by atoms with E-state index in [0.29, 0.717) is 10.8 Å². The first-order valence-corrected chi connectivity index (χ1v) is 6.61. The van der Waals surface area contributed by atoms with Gasteiger partial charge in [-0.05, 0) is 28.3 Å². The van der Waals surface area contributed by atoms with E-state index in [0.717, 1.165) is 5.39 Å². The van der Waals surface area contributed by atoms with Gasteiger partial charge in [-0.2, -0.15) is 4.89 Å². The summed E-state index contributed by atoms with van der Waals surface area (Å²) in [5.41, 5.74) is -0.598. The molecule has 0 aliphatic rings. The molecule has 0 saturated carbocycles. The average Bonchev–Trinajstić information content (AvgIpc) is 2.53. The van der Waals surface area contributed by atoms with Crippen molar-refractivity contribution < 1.29 is 24.6 Å². The first-order valence-electron chi connectivity index (χ1n) is 6.61. The van der Waals surface area contributed by atoms with Crippen LogP contribution in [0.3, 0.4) is 0 Å². The third-order valence-corrected chi connectivity index (χ3v) is 3.55. The van der Waals surface area contributed by atoms with E-state index in [2.05, 4.69) is 4.89 Å². The van der Waals surface area contributed by atoms with Crippen LogP contribution in [0.1, 0.15) is 10.4 Å². The summed E-state index contributed by atoms with van der Waals surface area (Å²) in [4.78, 5) is 31.9. The molecule has 23 heavy (non-hydrogen) atoms. The van der Waals surface area contributed by atoms with Crippen LogP contribution in [-0.2, 0) is 4.89 Å². The highest BCUT2D eigenvalue weighted by molar-refractivity contribution is 6.18. The Kier molecular flexibility index (Phi) is 3.55. The minimum absolute atomic E-state index is 0.00995. The van der Waals surface area contributed by atoms with Crippen LogP contribution in [0.2, 0.25) is 0 Å². The van der Waals surface area contributed by atoms with E-state index in [4.69, 9.17) is 4.89 Å². The summed E-state index contributed by atoms with van der Waals surface area (Å²) in [5, 5.41) is 22.8. The molecule has 0 aliphatic heterocycles. The summed E-state index contributed by atoms with van der Waals surface area (Å²) in [5.74, 6) is -1.42. The number of hydrogen-bond donors (Lipinski definition) is 1. The van der Waals surface area contributed by atoms with Crippen molar-refractivity contribution in [2.45, 2.75) is 0 Å². The van der Waals surface area contributed by atoms with E-state index < -0.39 is 10.9 Å². The smallest absolute Gasteiger partial charge is 0.340 e. The molecule has 0 bridgehead atoms. The number of aromatic carboxylic acids is 1. The van der Waals surface area contributed by atoms with Gasteiger partial charge in [0, 0.05) is 6.07 Å². The first-order chi connectivity index (χ1) is 11.0. The number of rotatable bonds is 4. The minimum atomic E-state index is -1.33. The largest absolute Gasteiger partial charge is 0.478 e. The zero-order chi connectivity index (χ0) is 16.6. The minimum Gasteiger partial charge on any atom is -0.478 e. The molecule has 3 aromatic rings. The number of carboxylic acids is 1. The van der Waals surface area contributed by atoms with Crippen molar-refractivity contribution >= 4 is 33.2 Å². The maximum absolute atomic E-state index is 11.7. The van der Waals surface area contributed by atoms with Crippen LogP contribution in [0.5, 0.6) is 5.75 Å². The van der Waals surface area contributed by atoms with Gasteiger partial charge in [-0.15, -0.1) is 0 Å². The lowest BCUT2D eigenvalue weighted by Gasteiger charge is -2.11. The number of non-ortho nitro benzene ring substituents is 1. The molecule has 0 aliphatic carbocycles. The molecule has 3 rings (SSSR count). The van der Waals surface area contributed by atoms with Gasteiger partial charge in [0.15, 0.2) is 5.75 Å². The Morgan fingerprint density at radius 1 is 1.17 bits per heavy atom. The van der Waals surface area contributed by atoms with E-state index in [9.17, 15) is 20.0 Å². The Hall–Kier alpha value is -3.19. The van der Waals surface area contributed by atoms with Gasteiger partial charge in [-0.1, -0.05) is 24.3 Å². The quantitative estimate of drug-likeness (QED) is 0.342. The first kappa shape index (κ1) is 14.7. The summed E-state index contributed by atoms with van der Waals surface area (Å²) < 4.78 is 0. The Balaban J connectivity index is 2.57. The summed E-state index contributed by atoms with van der Waals surface area (Å²) in [7, 11) is 1.23. The molecule has 116 valence electrons. The molecule has 0 atom stereocenters. The number of carbonyl (C=O) groups is 1. The number of nitro groups is 1. The molecule has 0 fully saturated rings. The third-order valence-electron chi connectivity index (χ3n) is 3.55. The van der Waals surface area contributed by atoms with Gasteiger partial charge in [0.2, 0.25) is 0 Å². The molecule has 0 spiro atoms. The fourth-order valence-electron chi connectivity index (χ4n) is 2.68. The molecule has 7 heteroatoms. The Bertz CT molecular complexity index is 950. The van der Waals surface area contributed by atoms with Crippen LogP contribution in [0, 0.1) is 10.1 Å². The predicted molar refractivity (Wildman–Crippen MR) is 82.7 cm³/mol. The molecule has 0 saturated heterocycles. The molecular formula is C16H11NO6. The normalized spacial score (nSPS) is 10.8. The SMILES string of the molecule is COOc1ccc2c(c([N+](=O)[O-])cc3ccccc32)c1C(=O)O. The van der Waals surface area contributed by atoms with E-state index in [1.54, 1.807) is 30.3 Å². The van der Waals surface area contributed by atoms with Crippen molar-refractivity contribution in [3.8, 4) is 5.75 Å². The molecule has 7 nitrogen and oxygen atoms in total. The van der Waals surface area contributed by atoms with E-state index in [-0.39, 0.29) is 22.4 Å². The molecule has 3 aromatic carbocycles. The summed E-state index contributed by atoms with van der Waals surface area (Å²) in [6.45, 7) is 0. The second-order valence-electron chi connectivity index (χ2n) is 4.79. The highest BCUT2D eigenvalue weighted by atomic mass is 17.2. The van der Waals surface area contributed by atoms with Crippen molar-refractivity contribution in [3.05, 3.63) is 58.1 Å². The maximum Gasteiger partial charge on any atom is 0.340 e. The van der Waals surface area contributed by atoms with Crippen LogP contribution in [0.15, 0.2) is 42.5 Å². The molecular weight excluding hydrogens is 302 g/mol. The molecule has 0 aromatic heterocycles. The standard InChI is InChI=1S/C16H11NO6/c1-22-23-13-7-6-11-10-5-3-2-4-9(10)8-12(17(20)21)14(11)15(13)16(18)19/h2-8H,1H3,(H,18,19). The third kappa shape index (κ3) is 2.33. The van der Waals surface area contributed by atoms with Gasteiger partial charge in [-0.3, -0.25) is 10.1 Å². The van der Waals surface area contributed by atoms with Gasteiger partial charge in [0.25, 0.3) is 5.69 Å². The van der Waals surface area contributed by atoms with Crippen LogP contribution in [0.4, 0.5) is 5.69 Å². The van der Waals surface area contributed by atoms with Gasteiger partial charge < -0.3 is 9.99 Å². The van der Waals surface area contributed by atoms with Crippen LogP contribution < -0.4 is 4.89 Å². The monoisotopic (exact) mass is 313 g/mol. The fraction of sp³-hybridized carbons (Fsp3) is 0.0625. The summed E-state index contributed by atoms with van der Waals surface area (Å²) in [6.07, 6.45) is 0. The fourth-order valence-corrected chi connectivity index (χ4v) is 2.68. The highest BCUT2D eigenvalue weighted by Crippen LogP contribution is 2.39. The van der Waals surface area contributed by atoms with Gasteiger partial charge in [0.05, 0.1) is 17.4 Å². The second kappa shape index (κ2) is 5.54. The summed E-state index contributed by atoms with van der Waals surface area (Å²) in [6, 6.07) is 11.4. The van der Waals surface area contributed by atoms with E-state index in [1.807, 2.05) is 0 Å². The molecule has 1 N–H and O–H groups in total. The number of carboxylic acid groups (broad SMARTS) is 1. The second-order valence-corrected chi connectivity index (χ2v) is 4.79. The van der Waals surface area contributed by atoms with Crippen LogP contribution in [-0.4, -0.2) is 23.1 Å². The zero-order valence-electron chi connectivity index (χ0n) is 12.0. The number of benzene rings is 3. The van der Waals surface area contributed by atoms with Crippen LogP contribution in [0.25, 0.3) is 21.5 Å². The predicted octanol–water partition coefficient (Wildman–Crippen LogP) is 3.54. The lowest BCUT2D eigenvalue weighted by atomic mass is 9.96. The highest BCUT2D eigenvalue weighted by Gasteiger charge is 2.25. The Labute approximate surface area is 129 Å². The molecule has 0 radical (unpaired) electrons. The topological polar surface area (TPSA) is 98.9 Å². The van der Waals surface area contributed by atoms with Crippen molar-refractivity contribution in [1.29, 1.82) is 0 Å². The lowest BCUT2D eigenvalue weighted by molar-refractivity contribution is -0.383. The molecule has 0 unspecified atom stereocenters.